The van der Waals surface area contributed by atoms with Gasteiger partial charge in [-0.1, -0.05) is 13.8 Å². The molecule has 1 aromatic carbocycles. The summed E-state index contributed by atoms with van der Waals surface area (Å²) in [6.45, 7) is 5.13. The molecule has 19 heavy (non-hydrogen) atoms. The molecule has 0 fully saturated rings. The largest absolute Gasteiger partial charge is 0.375 e. The first-order chi connectivity index (χ1) is 8.82. The molecule has 4 N–H and O–H groups in total. The number of carbonyl (C=O) groups is 1. The Labute approximate surface area is 123 Å². The average Bonchev–Trinajstić information content (AvgIpc) is 2.34. The van der Waals surface area contributed by atoms with Crippen molar-refractivity contribution in [3.8, 4) is 0 Å². The lowest BCUT2D eigenvalue weighted by Crippen LogP contribution is -2.31. The topological polar surface area (TPSA) is 72.3 Å². The van der Waals surface area contributed by atoms with Gasteiger partial charge in [-0.05, 0) is 46.5 Å². The van der Waals surface area contributed by atoms with Gasteiger partial charge in [-0.25, -0.2) is 0 Å². The van der Waals surface area contributed by atoms with E-state index in [4.69, 9.17) is 11.5 Å². The number of anilines is 1. The van der Waals surface area contributed by atoms with Crippen LogP contribution in [0.4, 0.5) is 5.69 Å². The number of primary amides is 1. The van der Waals surface area contributed by atoms with Gasteiger partial charge in [-0.2, -0.15) is 0 Å². The molecule has 0 heterocycles. The van der Waals surface area contributed by atoms with E-state index < -0.39 is 5.91 Å². The van der Waals surface area contributed by atoms with Gasteiger partial charge in [0.25, 0.3) is 0 Å². The number of hydrogen-bond donors (Lipinski definition) is 2. The molecule has 1 atom stereocenters. The summed E-state index contributed by atoms with van der Waals surface area (Å²) in [6, 6.07) is 5.74. The monoisotopic (exact) mass is 327 g/mol. The maximum Gasteiger partial charge on any atom is 0.249 e. The highest BCUT2D eigenvalue weighted by atomic mass is 79.9. The number of nitrogens with zero attached hydrogens (tertiary/aromatic N) is 1. The molecular formula is C14H22BrN3O. The number of nitrogens with two attached hydrogens (primary N) is 2. The van der Waals surface area contributed by atoms with E-state index in [1.807, 2.05) is 19.2 Å². The van der Waals surface area contributed by atoms with Gasteiger partial charge >= 0.3 is 0 Å². The Kier molecular flexibility index (Phi) is 5.82. The Balaban J connectivity index is 2.70. The van der Waals surface area contributed by atoms with Crippen molar-refractivity contribution >= 4 is 27.5 Å². The van der Waals surface area contributed by atoms with E-state index in [1.165, 1.54) is 0 Å². The van der Waals surface area contributed by atoms with E-state index in [1.54, 1.807) is 6.07 Å². The van der Waals surface area contributed by atoms with Crippen molar-refractivity contribution in [2.45, 2.75) is 26.3 Å². The SMILES string of the molecule is CC(C)C(N)CCN(C)c1ccc(C(N)=O)c(Br)c1. The van der Waals surface area contributed by atoms with Gasteiger partial charge in [-0.3, -0.25) is 4.79 Å². The van der Waals surface area contributed by atoms with Gasteiger partial charge in [0.05, 0.1) is 5.56 Å². The molecule has 0 aliphatic heterocycles. The second kappa shape index (κ2) is 6.91. The maximum absolute atomic E-state index is 11.2. The van der Waals surface area contributed by atoms with Crippen molar-refractivity contribution in [3.05, 3.63) is 28.2 Å². The second-order valence-corrected chi connectivity index (χ2v) is 6.00. The lowest BCUT2D eigenvalue weighted by Gasteiger charge is -2.23. The molecule has 5 heteroatoms. The second-order valence-electron chi connectivity index (χ2n) is 5.15. The summed E-state index contributed by atoms with van der Waals surface area (Å²) in [5.74, 6) is 0.0558. The smallest absolute Gasteiger partial charge is 0.249 e. The van der Waals surface area contributed by atoms with Gasteiger partial charge in [0, 0.05) is 29.8 Å². The fourth-order valence-electron chi connectivity index (χ4n) is 1.75. The number of halogens is 1. The number of carbonyl (C=O) groups excluding carboxylic acids is 1. The molecule has 1 amide bonds. The Bertz CT molecular complexity index is 448. The minimum Gasteiger partial charge on any atom is -0.375 e. The minimum absolute atomic E-state index is 0.204. The highest BCUT2D eigenvalue weighted by Gasteiger charge is 2.11. The molecule has 0 aromatic heterocycles. The predicted molar refractivity (Wildman–Crippen MR) is 83.4 cm³/mol. The first kappa shape index (κ1) is 16.0. The normalized spacial score (nSPS) is 12.5. The molecule has 0 saturated heterocycles. The van der Waals surface area contributed by atoms with Crippen LogP contribution < -0.4 is 16.4 Å². The minimum atomic E-state index is -0.428. The quantitative estimate of drug-likeness (QED) is 0.842. The van der Waals surface area contributed by atoms with E-state index in [0.29, 0.717) is 11.5 Å². The first-order valence-electron chi connectivity index (χ1n) is 6.39. The zero-order chi connectivity index (χ0) is 14.6. The van der Waals surface area contributed by atoms with Gasteiger partial charge in [0.2, 0.25) is 5.91 Å². The van der Waals surface area contributed by atoms with E-state index in [2.05, 4.69) is 34.7 Å². The third-order valence-corrected chi connectivity index (χ3v) is 3.97. The van der Waals surface area contributed by atoms with Crippen molar-refractivity contribution in [1.29, 1.82) is 0 Å². The van der Waals surface area contributed by atoms with Gasteiger partial charge < -0.3 is 16.4 Å². The van der Waals surface area contributed by atoms with Gasteiger partial charge in [0.1, 0.15) is 0 Å². The summed E-state index contributed by atoms with van der Waals surface area (Å²) in [5, 5.41) is 0. The Morgan fingerprint density at radius 3 is 2.53 bits per heavy atom. The number of hydrogen-bond acceptors (Lipinski definition) is 3. The number of amides is 1. The van der Waals surface area contributed by atoms with Crippen LogP contribution in [0.5, 0.6) is 0 Å². The van der Waals surface area contributed by atoms with Crippen LogP contribution in [0.15, 0.2) is 22.7 Å². The summed E-state index contributed by atoms with van der Waals surface area (Å²) >= 11 is 3.37. The van der Waals surface area contributed by atoms with E-state index >= 15 is 0 Å². The van der Waals surface area contributed by atoms with Crippen LogP contribution >= 0.6 is 15.9 Å². The summed E-state index contributed by atoms with van der Waals surface area (Å²) < 4.78 is 0.720. The van der Waals surface area contributed by atoms with Crippen molar-refractivity contribution in [2.24, 2.45) is 17.4 Å². The molecule has 0 spiro atoms. The lowest BCUT2D eigenvalue weighted by atomic mass is 10.0. The maximum atomic E-state index is 11.2. The van der Waals surface area contributed by atoms with Crippen LogP contribution in [0.1, 0.15) is 30.6 Å². The fourth-order valence-corrected chi connectivity index (χ4v) is 2.31. The zero-order valence-corrected chi connectivity index (χ0v) is 13.3. The lowest BCUT2D eigenvalue weighted by molar-refractivity contribution is 0.0999. The molecule has 4 nitrogen and oxygen atoms in total. The molecule has 0 aliphatic rings. The van der Waals surface area contributed by atoms with Crippen LogP contribution in [0, 0.1) is 5.92 Å². The highest BCUT2D eigenvalue weighted by Crippen LogP contribution is 2.23. The van der Waals surface area contributed by atoms with E-state index in [-0.39, 0.29) is 6.04 Å². The average molecular weight is 328 g/mol. The van der Waals surface area contributed by atoms with Crippen molar-refractivity contribution < 1.29 is 4.79 Å². The van der Waals surface area contributed by atoms with Gasteiger partial charge in [-0.15, -0.1) is 0 Å². The van der Waals surface area contributed by atoms with Crippen LogP contribution in [-0.4, -0.2) is 25.5 Å². The zero-order valence-electron chi connectivity index (χ0n) is 11.7. The molecule has 1 unspecified atom stereocenters. The van der Waals surface area contributed by atoms with E-state index in [9.17, 15) is 4.79 Å². The molecule has 0 bridgehead atoms. The summed E-state index contributed by atoms with van der Waals surface area (Å²) in [4.78, 5) is 13.3. The molecular weight excluding hydrogens is 306 g/mol. The number of rotatable bonds is 6. The Morgan fingerprint density at radius 1 is 1.42 bits per heavy atom. The number of benzene rings is 1. The molecule has 1 aromatic rings. The molecule has 0 aliphatic carbocycles. The Morgan fingerprint density at radius 2 is 2.05 bits per heavy atom. The summed E-state index contributed by atoms with van der Waals surface area (Å²) in [7, 11) is 2.01. The third-order valence-electron chi connectivity index (χ3n) is 3.31. The molecule has 1 rings (SSSR count). The van der Waals surface area contributed by atoms with E-state index in [0.717, 1.165) is 23.1 Å². The van der Waals surface area contributed by atoms with Crippen molar-refractivity contribution in [2.75, 3.05) is 18.5 Å². The summed E-state index contributed by atoms with van der Waals surface area (Å²) in [5.41, 5.74) is 12.8. The predicted octanol–water partition coefficient (Wildman–Crippen LogP) is 2.36. The van der Waals surface area contributed by atoms with Crippen molar-refractivity contribution in [1.82, 2.24) is 0 Å². The van der Waals surface area contributed by atoms with Crippen LogP contribution in [0.3, 0.4) is 0 Å². The van der Waals surface area contributed by atoms with Crippen molar-refractivity contribution in [3.63, 3.8) is 0 Å². The summed E-state index contributed by atoms with van der Waals surface area (Å²) in [6.07, 6.45) is 0.934. The highest BCUT2D eigenvalue weighted by molar-refractivity contribution is 9.10. The molecule has 0 radical (unpaired) electrons. The van der Waals surface area contributed by atoms with Gasteiger partial charge in [0.15, 0.2) is 0 Å². The molecule has 0 saturated carbocycles. The van der Waals surface area contributed by atoms with Crippen LogP contribution in [0.25, 0.3) is 0 Å². The standard InChI is InChI=1S/C14H22BrN3O/c1-9(2)13(16)6-7-18(3)10-4-5-11(14(17)19)12(15)8-10/h4-5,8-9,13H,6-7,16H2,1-3H3,(H2,17,19). The van der Waals surface area contributed by atoms with Crippen LogP contribution in [0.2, 0.25) is 0 Å². The first-order valence-corrected chi connectivity index (χ1v) is 7.18. The molecule has 106 valence electrons. The Hall–Kier alpha value is -1.07. The van der Waals surface area contributed by atoms with Crippen LogP contribution in [-0.2, 0) is 0 Å². The third kappa shape index (κ3) is 4.51. The fraction of sp³-hybridized carbons (Fsp3) is 0.500.